The van der Waals surface area contributed by atoms with Crippen LogP contribution < -0.4 is 10.9 Å². The molecule has 4 aromatic rings. The van der Waals surface area contributed by atoms with Gasteiger partial charge in [-0.3, -0.25) is 9.59 Å². The van der Waals surface area contributed by atoms with Crippen molar-refractivity contribution in [3.8, 4) is 22.4 Å². The molecular formula is C25H19Cl2N3O2. The standard InChI is InChI=1S/C25H19Cl2N3O2/c1-2-30-25(32)22(24(31)28-18-13-14-19(26)20(27)15-18)21(16-9-5-3-6-10-16)23(29-30)17-11-7-4-8-12-17/h3-15H,2H2,1H3,(H,28,31). The number of nitrogens with zero attached hydrogens (tertiary/aromatic N) is 2. The molecule has 7 heteroatoms. The average molecular weight is 464 g/mol. The van der Waals surface area contributed by atoms with E-state index in [9.17, 15) is 9.59 Å². The van der Waals surface area contributed by atoms with Crippen molar-refractivity contribution in [2.45, 2.75) is 13.5 Å². The predicted molar refractivity (Wildman–Crippen MR) is 129 cm³/mol. The Bertz CT molecular complexity index is 1340. The minimum atomic E-state index is -0.547. The molecule has 3 aromatic carbocycles. The number of aromatic nitrogens is 2. The van der Waals surface area contributed by atoms with E-state index in [0.717, 1.165) is 11.1 Å². The Morgan fingerprint density at radius 1 is 0.906 bits per heavy atom. The summed E-state index contributed by atoms with van der Waals surface area (Å²) in [5, 5.41) is 8.06. The number of carbonyl (C=O) groups excluding carboxylic acids is 1. The van der Waals surface area contributed by atoms with Gasteiger partial charge in [-0.15, -0.1) is 0 Å². The van der Waals surface area contributed by atoms with Gasteiger partial charge in [0.05, 0.1) is 15.7 Å². The molecule has 0 radical (unpaired) electrons. The van der Waals surface area contributed by atoms with Crippen LogP contribution in [0.25, 0.3) is 22.4 Å². The molecule has 160 valence electrons. The molecule has 1 aromatic heterocycles. The van der Waals surface area contributed by atoms with E-state index < -0.39 is 11.5 Å². The largest absolute Gasteiger partial charge is 0.322 e. The van der Waals surface area contributed by atoms with E-state index in [1.165, 1.54) is 4.68 Å². The third-order valence-corrected chi connectivity index (χ3v) is 5.71. The van der Waals surface area contributed by atoms with Gasteiger partial charge in [-0.2, -0.15) is 5.10 Å². The zero-order valence-corrected chi connectivity index (χ0v) is 18.7. The highest BCUT2D eigenvalue weighted by Crippen LogP contribution is 2.33. The van der Waals surface area contributed by atoms with Crippen LogP contribution in [0.15, 0.2) is 83.7 Å². The normalized spacial score (nSPS) is 10.7. The second kappa shape index (κ2) is 9.39. The predicted octanol–water partition coefficient (Wildman–Crippen LogP) is 6.16. The van der Waals surface area contributed by atoms with Crippen LogP contribution in [0.4, 0.5) is 5.69 Å². The van der Waals surface area contributed by atoms with Crippen LogP contribution >= 0.6 is 23.2 Å². The maximum Gasteiger partial charge on any atom is 0.280 e. The van der Waals surface area contributed by atoms with Gasteiger partial charge in [0.25, 0.3) is 11.5 Å². The van der Waals surface area contributed by atoms with Gasteiger partial charge in [-0.25, -0.2) is 4.68 Å². The van der Waals surface area contributed by atoms with Crippen LogP contribution in [0.1, 0.15) is 17.3 Å². The van der Waals surface area contributed by atoms with Gasteiger partial charge >= 0.3 is 0 Å². The Kier molecular flexibility index (Phi) is 6.40. The summed E-state index contributed by atoms with van der Waals surface area (Å²) in [5.41, 5.74) is 2.53. The first-order valence-electron chi connectivity index (χ1n) is 10.0. The molecule has 0 unspecified atom stereocenters. The summed E-state index contributed by atoms with van der Waals surface area (Å²) in [6, 6.07) is 23.6. The summed E-state index contributed by atoms with van der Waals surface area (Å²) in [4.78, 5) is 26.8. The van der Waals surface area contributed by atoms with Crippen molar-refractivity contribution in [2.24, 2.45) is 0 Å². The van der Waals surface area contributed by atoms with Crippen LogP contribution in [-0.2, 0) is 6.54 Å². The van der Waals surface area contributed by atoms with Gasteiger partial charge in [0.1, 0.15) is 5.56 Å². The summed E-state index contributed by atoms with van der Waals surface area (Å²) in [6.07, 6.45) is 0. The first-order chi connectivity index (χ1) is 15.5. The van der Waals surface area contributed by atoms with Crippen LogP contribution in [0, 0.1) is 0 Å². The summed E-state index contributed by atoms with van der Waals surface area (Å²) >= 11 is 12.1. The van der Waals surface area contributed by atoms with Gasteiger partial charge in [-0.05, 0) is 30.7 Å². The third-order valence-electron chi connectivity index (χ3n) is 4.97. The number of hydrogen-bond donors (Lipinski definition) is 1. The number of carbonyl (C=O) groups is 1. The Morgan fingerprint density at radius 3 is 2.12 bits per heavy atom. The molecule has 4 rings (SSSR count). The molecule has 0 spiro atoms. The van der Waals surface area contributed by atoms with Crippen molar-refractivity contribution in [1.82, 2.24) is 9.78 Å². The lowest BCUT2D eigenvalue weighted by atomic mass is 9.95. The molecular weight excluding hydrogens is 445 g/mol. The fraction of sp³-hybridized carbons (Fsp3) is 0.0800. The maximum atomic E-state index is 13.4. The molecule has 1 heterocycles. The SMILES string of the molecule is CCn1nc(-c2ccccc2)c(-c2ccccc2)c(C(=O)Nc2ccc(Cl)c(Cl)c2)c1=O. The molecule has 0 bridgehead atoms. The number of benzene rings is 3. The lowest BCUT2D eigenvalue weighted by Crippen LogP contribution is -2.32. The van der Waals surface area contributed by atoms with Crippen LogP contribution in [0.3, 0.4) is 0 Å². The number of anilines is 1. The van der Waals surface area contributed by atoms with Crippen molar-refractivity contribution in [1.29, 1.82) is 0 Å². The van der Waals surface area contributed by atoms with E-state index in [0.29, 0.717) is 33.5 Å². The number of nitrogens with one attached hydrogen (secondary N) is 1. The molecule has 0 atom stereocenters. The first-order valence-corrected chi connectivity index (χ1v) is 10.8. The topological polar surface area (TPSA) is 64.0 Å². The van der Waals surface area contributed by atoms with E-state index in [1.807, 2.05) is 67.6 Å². The van der Waals surface area contributed by atoms with Crippen molar-refractivity contribution in [2.75, 3.05) is 5.32 Å². The highest BCUT2D eigenvalue weighted by atomic mass is 35.5. The van der Waals surface area contributed by atoms with E-state index in [4.69, 9.17) is 23.2 Å². The second-order valence-electron chi connectivity index (χ2n) is 7.03. The number of amides is 1. The first kappa shape index (κ1) is 21.8. The Balaban J connectivity index is 1.96. The zero-order valence-electron chi connectivity index (χ0n) is 17.2. The summed E-state index contributed by atoms with van der Waals surface area (Å²) in [5.74, 6) is -0.547. The molecule has 32 heavy (non-hydrogen) atoms. The summed E-state index contributed by atoms with van der Waals surface area (Å²) < 4.78 is 1.30. The van der Waals surface area contributed by atoms with Gasteiger partial charge in [0.15, 0.2) is 0 Å². The minimum Gasteiger partial charge on any atom is -0.322 e. The smallest absolute Gasteiger partial charge is 0.280 e. The van der Waals surface area contributed by atoms with E-state index in [1.54, 1.807) is 18.2 Å². The molecule has 0 saturated carbocycles. The van der Waals surface area contributed by atoms with Gasteiger partial charge in [0, 0.05) is 23.4 Å². The fourth-order valence-electron chi connectivity index (χ4n) is 3.45. The van der Waals surface area contributed by atoms with E-state index in [2.05, 4.69) is 10.4 Å². The lowest BCUT2D eigenvalue weighted by Gasteiger charge is -2.17. The molecule has 0 fully saturated rings. The highest BCUT2D eigenvalue weighted by Gasteiger charge is 2.25. The van der Waals surface area contributed by atoms with Crippen molar-refractivity contribution in [3.05, 3.63) is 105 Å². The molecule has 1 N–H and O–H groups in total. The van der Waals surface area contributed by atoms with Crippen LogP contribution in [-0.4, -0.2) is 15.7 Å². The molecule has 0 aliphatic heterocycles. The second-order valence-corrected chi connectivity index (χ2v) is 7.85. The van der Waals surface area contributed by atoms with Gasteiger partial charge in [0.2, 0.25) is 0 Å². The summed E-state index contributed by atoms with van der Waals surface area (Å²) in [6.45, 7) is 2.13. The Labute approximate surface area is 195 Å². The van der Waals surface area contributed by atoms with Crippen molar-refractivity contribution in [3.63, 3.8) is 0 Å². The molecule has 0 aliphatic carbocycles. The van der Waals surface area contributed by atoms with Crippen molar-refractivity contribution >= 4 is 34.8 Å². The highest BCUT2D eigenvalue weighted by molar-refractivity contribution is 6.42. The number of aryl methyl sites for hydroxylation is 1. The van der Waals surface area contributed by atoms with Crippen LogP contribution in [0.5, 0.6) is 0 Å². The lowest BCUT2D eigenvalue weighted by molar-refractivity contribution is 0.102. The average Bonchev–Trinajstić information content (AvgIpc) is 2.82. The zero-order chi connectivity index (χ0) is 22.7. The Hall–Kier alpha value is -3.41. The number of hydrogen-bond acceptors (Lipinski definition) is 3. The molecule has 1 amide bonds. The van der Waals surface area contributed by atoms with Crippen LogP contribution in [0.2, 0.25) is 10.0 Å². The third kappa shape index (κ3) is 4.31. The van der Waals surface area contributed by atoms with Crippen molar-refractivity contribution < 1.29 is 4.79 Å². The van der Waals surface area contributed by atoms with E-state index in [-0.39, 0.29) is 5.56 Å². The number of halogens is 2. The molecule has 5 nitrogen and oxygen atoms in total. The molecule has 0 saturated heterocycles. The van der Waals surface area contributed by atoms with E-state index >= 15 is 0 Å². The monoisotopic (exact) mass is 463 g/mol. The molecule has 0 aliphatic rings. The maximum absolute atomic E-state index is 13.4. The van der Waals surface area contributed by atoms with Gasteiger partial charge < -0.3 is 5.32 Å². The van der Waals surface area contributed by atoms with Gasteiger partial charge in [-0.1, -0.05) is 83.9 Å². The number of rotatable bonds is 5. The summed E-state index contributed by atoms with van der Waals surface area (Å²) in [7, 11) is 0. The Morgan fingerprint density at radius 2 is 1.53 bits per heavy atom. The fourth-order valence-corrected chi connectivity index (χ4v) is 3.75. The minimum absolute atomic E-state index is 0.0120. The quantitative estimate of drug-likeness (QED) is 0.385.